The molecule has 274 valence electrons. The molecule has 0 spiro atoms. The monoisotopic (exact) mass is 679 g/mol. The van der Waals surface area contributed by atoms with Crippen LogP contribution >= 0.6 is 0 Å². The van der Waals surface area contributed by atoms with E-state index in [1.807, 2.05) is 55.4 Å². The number of carbonyl (C=O) groups excluding carboxylic acids is 3. The third-order valence-corrected chi connectivity index (χ3v) is 5.14. The van der Waals surface area contributed by atoms with Crippen molar-refractivity contribution >= 4 is 30.0 Å². The molecule has 0 aromatic heterocycles. The number of rotatable bonds is 15. The van der Waals surface area contributed by atoms with E-state index in [9.17, 15) is 19.2 Å². The summed E-state index contributed by atoms with van der Waals surface area (Å²) in [5, 5.41) is 24.0. The minimum Gasteiger partial charge on any atom is -0.478 e. The van der Waals surface area contributed by atoms with Crippen LogP contribution in [0.3, 0.4) is 0 Å². The van der Waals surface area contributed by atoms with Gasteiger partial charge >= 0.3 is 23.9 Å². The molecule has 0 aliphatic heterocycles. The normalized spacial score (nSPS) is 9.38. The van der Waals surface area contributed by atoms with Crippen LogP contribution in [0.25, 0.3) is 6.08 Å². The van der Waals surface area contributed by atoms with Crippen LogP contribution in [-0.4, -0.2) is 98.3 Å². The van der Waals surface area contributed by atoms with Gasteiger partial charge in [0.05, 0.1) is 26.9 Å². The first-order valence-electron chi connectivity index (χ1n) is 15.3. The molecule has 0 saturated carbocycles. The molecule has 0 aliphatic rings. The fraction of sp³-hybridized carbons (Fsp3) is 0.459. The van der Waals surface area contributed by atoms with Crippen LogP contribution < -0.4 is 0 Å². The summed E-state index contributed by atoms with van der Waals surface area (Å²) in [5.41, 5.74) is 1.96. The van der Waals surface area contributed by atoms with Crippen molar-refractivity contribution in [3.05, 3.63) is 92.1 Å². The lowest BCUT2D eigenvalue weighted by molar-refractivity contribution is -0.140. The number of benzene rings is 1. The maximum atomic E-state index is 10.8. The number of likely N-dealkylation sites (N-methyl/N-ethyl adjacent to an activating group) is 1. The van der Waals surface area contributed by atoms with Crippen molar-refractivity contribution in [2.45, 2.75) is 53.4 Å². The molecule has 48 heavy (non-hydrogen) atoms. The number of esters is 3. The van der Waals surface area contributed by atoms with E-state index in [1.165, 1.54) is 31.6 Å². The highest BCUT2D eigenvalue weighted by molar-refractivity contribution is 5.87. The lowest BCUT2D eigenvalue weighted by Crippen LogP contribution is -2.15. The molecule has 0 radical (unpaired) electrons. The minimum absolute atomic E-state index is 0.0473. The highest BCUT2D eigenvalue weighted by Crippen LogP contribution is 2.12. The Hall–Kier alpha value is -4.32. The molecule has 1 atom stereocenters. The second kappa shape index (κ2) is 40.7. The molecule has 1 aromatic rings. The van der Waals surface area contributed by atoms with E-state index in [0.29, 0.717) is 23.7 Å². The first kappa shape index (κ1) is 53.2. The van der Waals surface area contributed by atoms with Gasteiger partial charge in [0, 0.05) is 29.8 Å². The van der Waals surface area contributed by atoms with Crippen molar-refractivity contribution in [3.63, 3.8) is 0 Å². The molecule has 1 aromatic carbocycles. The summed E-state index contributed by atoms with van der Waals surface area (Å²) in [6.45, 7) is 25.6. The van der Waals surface area contributed by atoms with Gasteiger partial charge in [0.1, 0.15) is 6.61 Å². The van der Waals surface area contributed by atoms with Gasteiger partial charge in [-0.3, -0.25) is 0 Å². The first-order valence-corrected chi connectivity index (χ1v) is 15.3. The molecular weight excluding hydrogens is 618 g/mol. The molecule has 1 unspecified atom stereocenters. The maximum absolute atomic E-state index is 10.8. The topological polar surface area (TPSA) is 160 Å². The van der Waals surface area contributed by atoms with E-state index in [1.54, 1.807) is 13.8 Å². The summed E-state index contributed by atoms with van der Waals surface area (Å²) in [6.07, 6.45) is 8.52. The fourth-order valence-electron chi connectivity index (χ4n) is 2.38. The standard InChI is InChI=1S/C11H20O2.C8H8.C6H10O3.C5H8O2.C4H11NO.C3H4O2/c1-4-7-8-10(5-2)9-13-11(12)6-3;1-2-8-6-4-3-5-7-8;1-5(2)6(8)9-4-3-7;1-4(2)5(6)7-3;1-5(2)3-4-6;1-2-3(4)5/h6,10H,3-5,7-9H2,1-2H3;2-7H,1H2;7H,1,3-4H2,2H3;1H2,2-3H3;6H,3-4H2,1-2H3;2H,1H2,(H,4,5). The van der Waals surface area contributed by atoms with Gasteiger partial charge in [-0.1, -0.05) is 102 Å². The zero-order chi connectivity index (χ0) is 38.3. The van der Waals surface area contributed by atoms with Crippen LogP contribution in [0.5, 0.6) is 0 Å². The van der Waals surface area contributed by atoms with E-state index in [2.05, 4.69) is 56.2 Å². The Bertz CT molecular complexity index is 1020. The van der Waals surface area contributed by atoms with Gasteiger partial charge in [0.2, 0.25) is 0 Å². The van der Waals surface area contributed by atoms with Crippen molar-refractivity contribution in [2.24, 2.45) is 5.92 Å². The van der Waals surface area contributed by atoms with Gasteiger partial charge in [-0.05, 0) is 45.8 Å². The Labute approximate surface area is 288 Å². The van der Waals surface area contributed by atoms with Gasteiger partial charge in [0.15, 0.2) is 0 Å². The minimum atomic E-state index is -0.981. The SMILES string of the molecule is C=C(C)C(=O)OC.C=C(C)C(=O)OCCO.C=CC(=O)O.C=CC(=O)OCC(CC)CCCC.C=Cc1ccccc1.CN(C)CCO. The first-order chi connectivity index (χ1) is 22.6. The van der Waals surface area contributed by atoms with Gasteiger partial charge in [-0.2, -0.15) is 0 Å². The molecule has 0 fully saturated rings. The van der Waals surface area contributed by atoms with Gasteiger partial charge in [-0.15, -0.1) is 0 Å². The quantitative estimate of drug-likeness (QED) is 0.115. The van der Waals surface area contributed by atoms with Crippen molar-refractivity contribution in [1.82, 2.24) is 4.90 Å². The van der Waals surface area contributed by atoms with E-state index in [4.69, 9.17) is 20.1 Å². The number of aliphatic hydroxyl groups is 2. The van der Waals surface area contributed by atoms with Crippen LogP contribution in [0.15, 0.2) is 86.5 Å². The van der Waals surface area contributed by atoms with E-state index in [-0.39, 0.29) is 31.8 Å². The maximum Gasteiger partial charge on any atom is 0.333 e. The van der Waals surface area contributed by atoms with Crippen molar-refractivity contribution < 1.29 is 48.7 Å². The van der Waals surface area contributed by atoms with Crippen LogP contribution in [-0.2, 0) is 33.4 Å². The highest BCUT2D eigenvalue weighted by Gasteiger charge is 2.07. The van der Waals surface area contributed by atoms with Crippen molar-refractivity contribution in [1.29, 1.82) is 0 Å². The zero-order valence-electron chi connectivity index (χ0n) is 30.2. The molecule has 0 bridgehead atoms. The number of methoxy groups -OCH3 is 1. The Balaban J connectivity index is -0.000000159. The van der Waals surface area contributed by atoms with Crippen LogP contribution in [0.4, 0.5) is 0 Å². The number of hydrogen-bond donors (Lipinski definition) is 3. The number of aliphatic hydroxyl groups excluding tert-OH is 2. The van der Waals surface area contributed by atoms with Crippen LogP contribution in [0.2, 0.25) is 0 Å². The fourth-order valence-corrected chi connectivity index (χ4v) is 2.38. The second-order valence-corrected chi connectivity index (χ2v) is 9.85. The summed E-state index contributed by atoms with van der Waals surface area (Å²) in [5.74, 6) is -1.58. The van der Waals surface area contributed by atoms with E-state index >= 15 is 0 Å². The molecule has 1 rings (SSSR count). The summed E-state index contributed by atoms with van der Waals surface area (Å²) >= 11 is 0. The highest BCUT2D eigenvalue weighted by atomic mass is 16.5. The predicted octanol–water partition coefficient (Wildman–Crippen LogP) is 5.89. The summed E-state index contributed by atoms with van der Waals surface area (Å²) in [6, 6.07) is 10.0. The third kappa shape index (κ3) is 48.6. The van der Waals surface area contributed by atoms with Crippen LogP contribution in [0, 0.1) is 5.92 Å². The number of hydrogen-bond acceptors (Lipinski definition) is 10. The molecule has 11 heteroatoms. The molecule has 11 nitrogen and oxygen atoms in total. The molecule has 0 amide bonds. The van der Waals surface area contributed by atoms with Gasteiger partial charge in [0.25, 0.3) is 0 Å². The van der Waals surface area contributed by atoms with Crippen LogP contribution in [0.1, 0.15) is 58.9 Å². The predicted molar refractivity (Wildman–Crippen MR) is 194 cm³/mol. The van der Waals surface area contributed by atoms with Crippen molar-refractivity contribution in [3.8, 4) is 0 Å². The number of ether oxygens (including phenoxy) is 3. The molecule has 3 N–H and O–H groups in total. The number of unbranched alkanes of at least 4 members (excludes halogenated alkanes) is 1. The molecule has 0 aliphatic carbocycles. The van der Waals surface area contributed by atoms with E-state index < -0.39 is 11.9 Å². The Morgan fingerprint density at radius 2 is 1.40 bits per heavy atom. The van der Waals surface area contributed by atoms with Crippen molar-refractivity contribution in [2.75, 3.05) is 54.2 Å². The van der Waals surface area contributed by atoms with Gasteiger partial charge < -0.3 is 34.4 Å². The number of carbonyl (C=O) groups is 4. The number of nitrogens with zero attached hydrogens (tertiary/aromatic N) is 1. The third-order valence-electron chi connectivity index (χ3n) is 5.14. The smallest absolute Gasteiger partial charge is 0.333 e. The lowest BCUT2D eigenvalue weighted by Gasteiger charge is -2.13. The number of carboxylic acids is 1. The summed E-state index contributed by atoms with van der Waals surface area (Å²) in [4.78, 5) is 42.6. The summed E-state index contributed by atoms with van der Waals surface area (Å²) < 4.78 is 13.7. The lowest BCUT2D eigenvalue weighted by atomic mass is 10.0. The average Bonchev–Trinajstić information content (AvgIpc) is 3.08. The number of carboxylic acid groups (broad SMARTS) is 1. The second-order valence-electron chi connectivity index (χ2n) is 9.85. The van der Waals surface area contributed by atoms with Gasteiger partial charge in [-0.25, -0.2) is 19.2 Å². The largest absolute Gasteiger partial charge is 0.478 e. The molecular formula is C37H61NO10. The zero-order valence-corrected chi connectivity index (χ0v) is 30.2. The average molecular weight is 680 g/mol. The molecule has 0 heterocycles. The Morgan fingerprint density at radius 1 is 0.875 bits per heavy atom. The molecule has 0 saturated heterocycles. The summed E-state index contributed by atoms with van der Waals surface area (Å²) in [7, 11) is 5.18. The Morgan fingerprint density at radius 3 is 1.65 bits per heavy atom. The van der Waals surface area contributed by atoms with E-state index in [0.717, 1.165) is 25.5 Å². The Kier molecular flexibility index (Phi) is 45.1. The number of aliphatic carboxylic acids is 1.